The second-order valence-corrected chi connectivity index (χ2v) is 7.27. The highest BCUT2D eigenvalue weighted by Gasteiger charge is 2.26. The Morgan fingerprint density at radius 3 is 2.26 bits per heavy atom. The van der Waals surface area contributed by atoms with Crippen molar-refractivity contribution in [1.82, 2.24) is 14.7 Å². The van der Waals surface area contributed by atoms with Crippen LogP contribution in [0, 0.1) is 5.82 Å². The van der Waals surface area contributed by atoms with E-state index in [0.29, 0.717) is 36.6 Å². The molecular formula is C19H20FN3O3S. The lowest BCUT2D eigenvalue weighted by Crippen LogP contribution is -2.52. The van der Waals surface area contributed by atoms with Crippen LogP contribution in [0.25, 0.3) is 0 Å². The van der Waals surface area contributed by atoms with Crippen molar-refractivity contribution in [3.63, 3.8) is 0 Å². The van der Waals surface area contributed by atoms with E-state index in [-0.39, 0.29) is 30.1 Å². The van der Waals surface area contributed by atoms with Crippen molar-refractivity contribution in [3.05, 3.63) is 58.0 Å². The smallest absolute Gasteiger partial charge is 0.264 e. The van der Waals surface area contributed by atoms with Gasteiger partial charge in [-0.1, -0.05) is 6.07 Å². The molecular weight excluding hydrogens is 369 g/mol. The molecule has 1 fully saturated rings. The van der Waals surface area contributed by atoms with Crippen LogP contribution in [0.15, 0.2) is 41.8 Å². The monoisotopic (exact) mass is 389 g/mol. The number of halogens is 1. The van der Waals surface area contributed by atoms with Crippen LogP contribution < -0.4 is 0 Å². The lowest BCUT2D eigenvalue weighted by atomic mass is 10.1. The van der Waals surface area contributed by atoms with Gasteiger partial charge in [0.15, 0.2) is 0 Å². The van der Waals surface area contributed by atoms with E-state index in [1.807, 2.05) is 5.38 Å². The number of hydrogen-bond donors (Lipinski definition) is 0. The first kappa shape index (κ1) is 19.0. The largest absolute Gasteiger partial charge is 0.338 e. The number of hydrogen-bond acceptors (Lipinski definition) is 4. The second kappa shape index (κ2) is 8.30. The standard InChI is InChI=1S/C19H20FN3O3S/c1-21(19(26)16-3-2-12-27-16)13-17(24)22-8-10-23(11-9-22)18(25)14-4-6-15(20)7-5-14/h2-7,12H,8-11,13H2,1H3. The minimum absolute atomic E-state index is 0.00262. The van der Waals surface area contributed by atoms with Crippen molar-refractivity contribution in [1.29, 1.82) is 0 Å². The summed E-state index contributed by atoms with van der Waals surface area (Å²) in [7, 11) is 1.61. The highest BCUT2D eigenvalue weighted by molar-refractivity contribution is 7.12. The summed E-state index contributed by atoms with van der Waals surface area (Å²) in [6.07, 6.45) is 0. The molecule has 0 unspecified atom stereocenters. The molecule has 1 aliphatic rings. The van der Waals surface area contributed by atoms with Crippen molar-refractivity contribution >= 4 is 29.1 Å². The van der Waals surface area contributed by atoms with Crippen molar-refractivity contribution in [2.24, 2.45) is 0 Å². The Morgan fingerprint density at radius 2 is 1.67 bits per heavy atom. The fourth-order valence-corrected chi connectivity index (χ4v) is 3.61. The molecule has 8 heteroatoms. The maximum absolute atomic E-state index is 13.0. The summed E-state index contributed by atoms with van der Waals surface area (Å²) < 4.78 is 13.0. The zero-order valence-corrected chi connectivity index (χ0v) is 15.7. The lowest BCUT2D eigenvalue weighted by molar-refractivity contribution is -0.133. The Hall–Kier alpha value is -2.74. The number of nitrogens with zero attached hydrogens (tertiary/aromatic N) is 3. The Kier molecular flexibility index (Phi) is 5.85. The maximum atomic E-state index is 13.0. The van der Waals surface area contributed by atoms with Crippen molar-refractivity contribution < 1.29 is 18.8 Å². The molecule has 3 amide bonds. The number of benzene rings is 1. The molecule has 142 valence electrons. The SMILES string of the molecule is CN(CC(=O)N1CCN(C(=O)c2ccc(F)cc2)CC1)C(=O)c1cccs1. The van der Waals surface area contributed by atoms with E-state index in [1.165, 1.54) is 40.5 Å². The molecule has 0 aliphatic carbocycles. The van der Waals surface area contributed by atoms with Gasteiger partial charge in [-0.2, -0.15) is 0 Å². The highest BCUT2D eigenvalue weighted by atomic mass is 32.1. The van der Waals surface area contributed by atoms with Gasteiger partial charge < -0.3 is 14.7 Å². The number of piperazine rings is 1. The van der Waals surface area contributed by atoms with Crippen molar-refractivity contribution in [2.45, 2.75) is 0 Å². The van der Waals surface area contributed by atoms with E-state index in [9.17, 15) is 18.8 Å². The fraction of sp³-hybridized carbons (Fsp3) is 0.316. The molecule has 2 heterocycles. The van der Waals surface area contributed by atoms with Gasteiger partial charge in [-0.05, 0) is 35.7 Å². The van der Waals surface area contributed by atoms with E-state index in [2.05, 4.69) is 0 Å². The first-order chi connectivity index (χ1) is 13.0. The first-order valence-corrected chi connectivity index (χ1v) is 9.45. The first-order valence-electron chi connectivity index (χ1n) is 8.57. The molecule has 1 aromatic carbocycles. The van der Waals surface area contributed by atoms with Gasteiger partial charge in [-0.25, -0.2) is 4.39 Å². The van der Waals surface area contributed by atoms with Gasteiger partial charge in [-0.3, -0.25) is 14.4 Å². The molecule has 6 nitrogen and oxygen atoms in total. The topological polar surface area (TPSA) is 60.9 Å². The van der Waals surface area contributed by atoms with Gasteiger partial charge in [0, 0.05) is 38.8 Å². The molecule has 0 N–H and O–H groups in total. The minimum atomic E-state index is -0.386. The van der Waals surface area contributed by atoms with Crippen LogP contribution in [0.1, 0.15) is 20.0 Å². The highest BCUT2D eigenvalue weighted by Crippen LogP contribution is 2.13. The van der Waals surface area contributed by atoms with Crippen LogP contribution in [0.3, 0.4) is 0 Å². The summed E-state index contributed by atoms with van der Waals surface area (Å²) >= 11 is 1.34. The molecule has 1 aliphatic heterocycles. The van der Waals surface area contributed by atoms with Gasteiger partial charge in [-0.15, -0.1) is 11.3 Å². The Morgan fingerprint density at radius 1 is 1.04 bits per heavy atom. The predicted molar refractivity (Wildman–Crippen MR) is 100 cm³/mol. The van der Waals surface area contributed by atoms with Crippen molar-refractivity contribution in [3.8, 4) is 0 Å². The van der Waals surface area contributed by atoms with Crippen LogP contribution in [-0.4, -0.2) is 72.2 Å². The van der Waals surface area contributed by atoms with Gasteiger partial charge in [0.05, 0.1) is 11.4 Å². The number of rotatable bonds is 4. The lowest BCUT2D eigenvalue weighted by Gasteiger charge is -2.35. The third-order valence-electron chi connectivity index (χ3n) is 4.46. The number of carbonyl (C=O) groups excluding carboxylic acids is 3. The molecule has 0 spiro atoms. The van der Waals surface area contributed by atoms with E-state index in [1.54, 1.807) is 29.0 Å². The van der Waals surface area contributed by atoms with Crippen LogP contribution in [-0.2, 0) is 4.79 Å². The molecule has 3 rings (SSSR count). The number of thiophene rings is 1. The quantitative estimate of drug-likeness (QED) is 0.803. The fourth-order valence-electron chi connectivity index (χ4n) is 2.90. The summed E-state index contributed by atoms with van der Waals surface area (Å²) in [5, 5.41) is 1.82. The summed E-state index contributed by atoms with van der Waals surface area (Å²) in [4.78, 5) is 42.4. The molecule has 1 aromatic heterocycles. The van der Waals surface area contributed by atoms with Crippen molar-refractivity contribution in [2.75, 3.05) is 39.8 Å². The molecule has 27 heavy (non-hydrogen) atoms. The third-order valence-corrected chi connectivity index (χ3v) is 5.32. The third kappa shape index (κ3) is 4.51. The Labute approximate surface area is 160 Å². The van der Waals surface area contributed by atoms with E-state index in [4.69, 9.17) is 0 Å². The van der Waals surface area contributed by atoms with E-state index < -0.39 is 0 Å². The van der Waals surface area contributed by atoms with Gasteiger partial charge >= 0.3 is 0 Å². The summed E-state index contributed by atoms with van der Waals surface area (Å²) in [6, 6.07) is 8.96. The zero-order valence-electron chi connectivity index (χ0n) is 14.9. The van der Waals surface area contributed by atoms with Crippen LogP contribution >= 0.6 is 11.3 Å². The normalized spacial score (nSPS) is 14.1. The number of carbonyl (C=O) groups is 3. The number of amides is 3. The molecule has 0 saturated carbocycles. The Bertz CT molecular complexity index is 815. The zero-order chi connectivity index (χ0) is 19.4. The molecule has 0 atom stereocenters. The molecule has 2 aromatic rings. The maximum Gasteiger partial charge on any atom is 0.264 e. The van der Waals surface area contributed by atoms with Crippen LogP contribution in [0.5, 0.6) is 0 Å². The summed E-state index contributed by atoms with van der Waals surface area (Å²) in [6.45, 7) is 1.64. The van der Waals surface area contributed by atoms with Gasteiger partial charge in [0.25, 0.3) is 11.8 Å². The Balaban J connectivity index is 1.51. The average molecular weight is 389 g/mol. The minimum Gasteiger partial charge on any atom is -0.338 e. The average Bonchev–Trinajstić information content (AvgIpc) is 3.22. The molecule has 1 saturated heterocycles. The van der Waals surface area contributed by atoms with Gasteiger partial charge in [0.1, 0.15) is 5.82 Å². The van der Waals surface area contributed by atoms with E-state index in [0.717, 1.165) is 0 Å². The summed E-state index contributed by atoms with van der Waals surface area (Å²) in [5.41, 5.74) is 0.428. The van der Waals surface area contributed by atoms with E-state index >= 15 is 0 Å². The second-order valence-electron chi connectivity index (χ2n) is 6.32. The molecule has 0 bridgehead atoms. The number of likely N-dealkylation sites (N-methyl/N-ethyl adjacent to an activating group) is 1. The molecule has 0 radical (unpaired) electrons. The van der Waals surface area contributed by atoms with Gasteiger partial charge in [0.2, 0.25) is 5.91 Å². The van der Waals surface area contributed by atoms with Crippen LogP contribution in [0.2, 0.25) is 0 Å². The summed E-state index contributed by atoms with van der Waals surface area (Å²) in [5.74, 6) is -0.880. The van der Waals surface area contributed by atoms with Crippen LogP contribution in [0.4, 0.5) is 4.39 Å². The predicted octanol–water partition coefficient (Wildman–Crippen LogP) is 1.94.